The Morgan fingerprint density at radius 2 is 2.04 bits per heavy atom. The molecule has 1 fully saturated rings. The van der Waals surface area contributed by atoms with E-state index in [0.717, 1.165) is 32.1 Å². The molecule has 0 aliphatic heterocycles. The molecule has 24 heavy (non-hydrogen) atoms. The minimum atomic E-state index is -0.466. The van der Waals surface area contributed by atoms with E-state index in [9.17, 15) is 10.1 Å². The van der Waals surface area contributed by atoms with Gasteiger partial charge in [0, 0.05) is 6.42 Å². The molecule has 130 valence electrons. The summed E-state index contributed by atoms with van der Waals surface area (Å²) in [7, 11) is 0. The van der Waals surface area contributed by atoms with Crippen molar-refractivity contribution in [3.8, 4) is 6.07 Å². The fourth-order valence-electron chi connectivity index (χ4n) is 5.08. The molecule has 0 saturated heterocycles. The Kier molecular flexibility index (Phi) is 6.21. The smallest absolute Gasteiger partial charge is 0.130 e. The van der Waals surface area contributed by atoms with Crippen molar-refractivity contribution in [2.45, 2.75) is 71.6 Å². The van der Waals surface area contributed by atoms with Crippen molar-refractivity contribution in [1.82, 2.24) is 0 Å². The van der Waals surface area contributed by atoms with E-state index in [1.807, 2.05) is 0 Å². The van der Waals surface area contributed by atoms with Gasteiger partial charge in [0.15, 0.2) is 0 Å². The number of hydrogen-bond acceptors (Lipinski definition) is 2. The number of ketones is 1. The van der Waals surface area contributed by atoms with Crippen molar-refractivity contribution in [1.29, 1.82) is 5.26 Å². The molecule has 0 heterocycles. The Bertz CT molecular complexity index is 611. The minimum Gasteiger partial charge on any atom is -0.300 e. The first-order valence-corrected chi connectivity index (χ1v) is 9.47. The fraction of sp³-hybridized carbons (Fsp3) is 0.636. The van der Waals surface area contributed by atoms with Gasteiger partial charge in [0.1, 0.15) is 5.78 Å². The molecule has 1 aromatic carbocycles. The Balaban J connectivity index is 2.57. The van der Waals surface area contributed by atoms with Gasteiger partial charge in [-0.05, 0) is 50.0 Å². The summed E-state index contributed by atoms with van der Waals surface area (Å²) >= 11 is 0. The molecule has 1 aliphatic carbocycles. The van der Waals surface area contributed by atoms with Crippen LogP contribution >= 0.6 is 0 Å². The normalized spacial score (nSPS) is 23.0. The number of carbonyl (C=O) groups is 1. The van der Waals surface area contributed by atoms with Gasteiger partial charge in [-0.2, -0.15) is 5.26 Å². The summed E-state index contributed by atoms with van der Waals surface area (Å²) in [6, 6.07) is 11.3. The van der Waals surface area contributed by atoms with E-state index >= 15 is 0 Å². The molecule has 0 radical (unpaired) electrons. The summed E-state index contributed by atoms with van der Waals surface area (Å²) in [5.41, 5.74) is 1.91. The van der Waals surface area contributed by atoms with E-state index < -0.39 is 5.41 Å². The Morgan fingerprint density at radius 3 is 2.58 bits per heavy atom. The van der Waals surface area contributed by atoms with Crippen molar-refractivity contribution in [2.24, 2.45) is 17.8 Å². The van der Waals surface area contributed by atoms with Crippen LogP contribution in [0.4, 0.5) is 0 Å². The summed E-state index contributed by atoms with van der Waals surface area (Å²) in [4.78, 5) is 11.8. The highest BCUT2D eigenvalue weighted by molar-refractivity contribution is 5.75. The zero-order chi connectivity index (χ0) is 17.7. The summed E-state index contributed by atoms with van der Waals surface area (Å²) in [5, 5.41) is 10.4. The largest absolute Gasteiger partial charge is 0.300 e. The van der Waals surface area contributed by atoms with Gasteiger partial charge in [0.25, 0.3) is 0 Å². The molecule has 1 saturated carbocycles. The monoisotopic (exact) mass is 325 g/mol. The summed E-state index contributed by atoms with van der Waals surface area (Å²) < 4.78 is 0. The topological polar surface area (TPSA) is 40.9 Å². The van der Waals surface area contributed by atoms with Gasteiger partial charge in [0.2, 0.25) is 0 Å². The van der Waals surface area contributed by atoms with Crippen LogP contribution < -0.4 is 0 Å². The molecule has 0 spiro atoms. The van der Waals surface area contributed by atoms with Crippen molar-refractivity contribution in [3.63, 3.8) is 0 Å². The zero-order valence-electron chi connectivity index (χ0n) is 15.6. The highest BCUT2D eigenvalue weighted by Crippen LogP contribution is 2.52. The van der Waals surface area contributed by atoms with E-state index in [2.05, 4.69) is 51.1 Å². The van der Waals surface area contributed by atoms with Crippen LogP contribution in [0.3, 0.4) is 0 Å². The molecule has 2 heteroatoms. The maximum Gasteiger partial charge on any atom is 0.130 e. The lowest BCUT2D eigenvalue weighted by atomic mass is 9.58. The summed E-state index contributed by atoms with van der Waals surface area (Å²) in [6.45, 7) is 8.18. The van der Waals surface area contributed by atoms with Crippen molar-refractivity contribution < 1.29 is 4.79 Å². The van der Waals surface area contributed by atoms with Gasteiger partial charge < -0.3 is 4.79 Å². The lowest BCUT2D eigenvalue weighted by molar-refractivity contribution is -0.118. The lowest BCUT2D eigenvalue weighted by Gasteiger charge is -2.42. The molecule has 0 aromatic heterocycles. The predicted octanol–water partition coefficient (Wildman–Crippen LogP) is 5.59. The van der Waals surface area contributed by atoms with Crippen molar-refractivity contribution in [2.75, 3.05) is 0 Å². The number of nitriles is 1. The lowest BCUT2D eigenvalue weighted by Crippen LogP contribution is -2.43. The first-order chi connectivity index (χ1) is 11.5. The molecule has 1 aromatic rings. The molecule has 0 amide bonds. The fourth-order valence-corrected chi connectivity index (χ4v) is 5.08. The quantitative estimate of drug-likeness (QED) is 0.656. The zero-order valence-corrected chi connectivity index (χ0v) is 15.6. The number of carbonyl (C=O) groups excluding carboxylic acids is 1. The highest BCUT2D eigenvalue weighted by Gasteiger charge is 2.50. The van der Waals surface area contributed by atoms with Crippen molar-refractivity contribution >= 4 is 5.78 Å². The maximum atomic E-state index is 11.8. The first-order valence-electron chi connectivity index (χ1n) is 9.47. The summed E-state index contributed by atoms with van der Waals surface area (Å²) in [6.07, 6.45) is 5.91. The number of rotatable bonds is 7. The number of benzene rings is 1. The SMILES string of the molecule is CCC(CC)C(C#N)(c1cccc(C)c1)[C@@H]1CCC[C@H]1CC(C)=O. The van der Waals surface area contributed by atoms with E-state index in [-0.39, 0.29) is 11.7 Å². The average molecular weight is 325 g/mol. The highest BCUT2D eigenvalue weighted by atomic mass is 16.1. The van der Waals surface area contributed by atoms with Gasteiger partial charge in [-0.1, -0.05) is 62.9 Å². The van der Waals surface area contributed by atoms with Crippen LogP contribution in [-0.4, -0.2) is 5.78 Å². The second-order valence-electron chi connectivity index (χ2n) is 7.57. The van der Waals surface area contributed by atoms with Gasteiger partial charge in [-0.3, -0.25) is 0 Å². The Morgan fingerprint density at radius 1 is 1.33 bits per heavy atom. The van der Waals surface area contributed by atoms with Crippen LogP contribution in [0, 0.1) is 36.0 Å². The van der Waals surface area contributed by atoms with Gasteiger partial charge >= 0.3 is 0 Å². The Labute approximate surface area is 147 Å². The third kappa shape index (κ3) is 3.41. The second kappa shape index (κ2) is 7.97. The van der Waals surface area contributed by atoms with Crippen LogP contribution in [0.15, 0.2) is 24.3 Å². The van der Waals surface area contributed by atoms with Crippen LogP contribution in [0.2, 0.25) is 0 Å². The third-order valence-electron chi connectivity index (χ3n) is 6.10. The number of aryl methyl sites for hydroxylation is 1. The molecular weight excluding hydrogens is 294 g/mol. The number of nitrogens with zero attached hydrogens (tertiary/aromatic N) is 1. The predicted molar refractivity (Wildman–Crippen MR) is 98.7 cm³/mol. The minimum absolute atomic E-state index is 0.257. The number of hydrogen-bond donors (Lipinski definition) is 0. The van der Waals surface area contributed by atoms with Gasteiger partial charge in [-0.15, -0.1) is 0 Å². The average Bonchev–Trinajstić information content (AvgIpc) is 3.00. The number of Topliss-reactive ketones (excluding diaryl/α,β-unsaturated/α-hetero) is 1. The van der Waals surface area contributed by atoms with E-state index in [0.29, 0.717) is 18.3 Å². The molecule has 2 nitrogen and oxygen atoms in total. The maximum absolute atomic E-state index is 11.8. The molecule has 2 rings (SSSR count). The van der Waals surface area contributed by atoms with Gasteiger partial charge in [-0.25, -0.2) is 0 Å². The second-order valence-corrected chi connectivity index (χ2v) is 7.57. The van der Waals surface area contributed by atoms with E-state index in [4.69, 9.17) is 0 Å². The molecular formula is C22H31NO. The van der Waals surface area contributed by atoms with Crippen LogP contribution in [0.25, 0.3) is 0 Å². The molecule has 3 atom stereocenters. The molecule has 1 aliphatic rings. The van der Waals surface area contributed by atoms with E-state index in [1.54, 1.807) is 6.92 Å². The van der Waals surface area contributed by atoms with Crippen LogP contribution in [0.1, 0.15) is 70.4 Å². The van der Waals surface area contributed by atoms with Crippen LogP contribution in [-0.2, 0) is 10.2 Å². The van der Waals surface area contributed by atoms with Crippen LogP contribution in [0.5, 0.6) is 0 Å². The summed E-state index contributed by atoms with van der Waals surface area (Å²) in [5.74, 6) is 1.23. The first kappa shape index (κ1) is 18.7. The van der Waals surface area contributed by atoms with E-state index in [1.165, 1.54) is 11.1 Å². The standard InChI is InChI=1S/C22H31NO/c1-5-19(6-2)22(15-23,20-11-7-9-16(3)13-20)21-12-8-10-18(21)14-17(4)24/h7,9,11,13,18-19,21H,5-6,8,10,12,14H2,1-4H3/t18-,21+,22?/m0/s1. The Hall–Kier alpha value is -1.62. The third-order valence-corrected chi connectivity index (χ3v) is 6.10. The van der Waals surface area contributed by atoms with Crippen molar-refractivity contribution in [3.05, 3.63) is 35.4 Å². The molecule has 0 bridgehead atoms. The molecule has 0 N–H and O–H groups in total. The van der Waals surface area contributed by atoms with Gasteiger partial charge in [0.05, 0.1) is 11.5 Å². The molecule has 1 unspecified atom stereocenters.